The van der Waals surface area contributed by atoms with Crippen LogP contribution in [0.15, 0.2) is 42.9 Å². The molecule has 25 heavy (non-hydrogen) atoms. The first-order valence-corrected chi connectivity index (χ1v) is 8.69. The third-order valence-corrected chi connectivity index (χ3v) is 4.80. The lowest BCUT2D eigenvalue weighted by molar-refractivity contribution is 0.203. The Morgan fingerprint density at radius 3 is 2.84 bits per heavy atom. The van der Waals surface area contributed by atoms with E-state index < -0.39 is 0 Å². The van der Waals surface area contributed by atoms with Crippen LogP contribution in [0.25, 0.3) is 10.9 Å². The van der Waals surface area contributed by atoms with Crippen LogP contribution in [0.3, 0.4) is 0 Å². The van der Waals surface area contributed by atoms with Crippen molar-refractivity contribution >= 4 is 10.9 Å². The number of piperidine rings is 1. The topological polar surface area (TPSA) is 69.2 Å². The zero-order chi connectivity index (χ0) is 17.2. The van der Waals surface area contributed by atoms with Crippen LogP contribution in [0.4, 0.5) is 0 Å². The molecule has 6 heteroatoms. The first kappa shape index (κ1) is 16.1. The molecule has 6 nitrogen and oxygen atoms in total. The number of benzene rings is 1. The molecule has 0 radical (unpaired) electrons. The van der Waals surface area contributed by atoms with Gasteiger partial charge in [0.1, 0.15) is 12.1 Å². The molecular weight excluding hydrogens is 314 g/mol. The molecule has 0 unspecified atom stereocenters. The fraction of sp³-hybridized carbons (Fsp3) is 0.368. The van der Waals surface area contributed by atoms with Crippen molar-refractivity contribution in [1.82, 2.24) is 19.4 Å². The quantitative estimate of drug-likeness (QED) is 0.793. The molecule has 2 aromatic heterocycles. The minimum Gasteiger partial charge on any atom is -0.439 e. The van der Waals surface area contributed by atoms with Gasteiger partial charge in [-0.05, 0) is 37.1 Å². The van der Waals surface area contributed by atoms with Gasteiger partial charge in [-0.3, -0.25) is 4.90 Å². The van der Waals surface area contributed by atoms with Gasteiger partial charge in [0, 0.05) is 55.9 Å². The summed E-state index contributed by atoms with van der Waals surface area (Å²) in [5.74, 6) is 1.36. The van der Waals surface area contributed by atoms with Gasteiger partial charge in [0.05, 0.1) is 5.69 Å². The number of ether oxygens (including phenoxy) is 1. The predicted octanol–water partition coefficient (Wildman–Crippen LogP) is 2.68. The van der Waals surface area contributed by atoms with Crippen molar-refractivity contribution in [2.75, 3.05) is 13.1 Å². The largest absolute Gasteiger partial charge is 0.439 e. The molecule has 0 spiro atoms. The van der Waals surface area contributed by atoms with Crippen molar-refractivity contribution in [2.24, 2.45) is 12.8 Å². The van der Waals surface area contributed by atoms with Gasteiger partial charge in [-0.25, -0.2) is 9.97 Å². The van der Waals surface area contributed by atoms with E-state index in [0.29, 0.717) is 11.9 Å². The van der Waals surface area contributed by atoms with E-state index in [9.17, 15) is 0 Å². The van der Waals surface area contributed by atoms with Crippen molar-refractivity contribution in [2.45, 2.75) is 25.4 Å². The van der Waals surface area contributed by atoms with Crippen LogP contribution in [-0.4, -0.2) is 38.6 Å². The van der Waals surface area contributed by atoms with E-state index in [2.05, 4.69) is 31.6 Å². The van der Waals surface area contributed by atoms with Gasteiger partial charge in [0.25, 0.3) is 0 Å². The molecule has 0 amide bonds. The second-order valence-electron chi connectivity index (χ2n) is 6.71. The zero-order valence-electron chi connectivity index (χ0n) is 14.4. The summed E-state index contributed by atoms with van der Waals surface area (Å²) < 4.78 is 8.03. The monoisotopic (exact) mass is 337 g/mol. The normalized spacial score (nSPS) is 16.4. The average Bonchev–Trinajstić information content (AvgIpc) is 2.98. The summed E-state index contributed by atoms with van der Waals surface area (Å²) in [7, 11) is 2.03. The first-order valence-electron chi connectivity index (χ1n) is 8.69. The van der Waals surface area contributed by atoms with E-state index in [-0.39, 0.29) is 0 Å². The third-order valence-electron chi connectivity index (χ3n) is 4.80. The predicted molar refractivity (Wildman–Crippen MR) is 97.5 cm³/mol. The van der Waals surface area contributed by atoms with Gasteiger partial charge in [-0.2, -0.15) is 0 Å². The first-order chi connectivity index (χ1) is 12.2. The standard InChI is InChI=1S/C19H23N5O/c1-23-7-4-14-10-17(2-3-18(14)23)25-19-11-16(21-13-22-19)12-24-8-5-15(20)6-9-24/h2-4,7,10-11,13,15H,5-6,8-9,12,20H2,1H3. The van der Waals surface area contributed by atoms with Gasteiger partial charge >= 0.3 is 0 Å². The highest BCUT2D eigenvalue weighted by atomic mass is 16.5. The van der Waals surface area contributed by atoms with Crippen LogP contribution in [0.5, 0.6) is 11.6 Å². The Bertz CT molecular complexity index is 867. The van der Waals surface area contributed by atoms with Crippen LogP contribution in [0.2, 0.25) is 0 Å². The maximum atomic E-state index is 5.97. The summed E-state index contributed by atoms with van der Waals surface area (Å²) in [5, 5.41) is 1.15. The van der Waals surface area contributed by atoms with Crippen LogP contribution in [-0.2, 0) is 13.6 Å². The van der Waals surface area contributed by atoms with Crippen molar-refractivity contribution in [3.8, 4) is 11.6 Å². The summed E-state index contributed by atoms with van der Waals surface area (Å²) in [4.78, 5) is 11.0. The lowest BCUT2D eigenvalue weighted by Gasteiger charge is -2.29. The molecule has 1 fully saturated rings. The highest BCUT2D eigenvalue weighted by Gasteiger charge is 2.16. The lowest BCUT2D eigenvalue weighted by atomic mass is 10.1. The van der Waals surface area contributed by atoms with Crippen LogP contribution < -0.4 is 10.5 Å². The molecule has 1 aliphatic rings. The molecule has 2 N–H and O–H groups in total. The van der Waals surface area contributed by atoms with E-state index in [1.807, 2.05) is 31.4 Å². The van der Waals surface area contributed by atoms with Gasteiger partial charge in [0.2, 0.25) is 5.88 Å². The number of rotatable bonds is 4. The van der Waals surface area contributed by atoms with E-state index in [1.54, 1.807) is 6.33 Å². The molecule has 130 valence electrons. The summed E-state index contributed by atoms with van der Waals surface area (Å²) in [6, 6.07) is 10.4. The number of fused-ring (bicyclic) bond motifs is 1. The molecule has 0 saturated carbocycles. The second-order valence-corrected chi connectivity index (χ2v) is 6.71. The summed E-state index contributed by atoms with van der Waals surface area (Å²) in [6.07, 6.45) is 5.71. The van der Waals surface area contributed by atoms with Gasteiger partial charge in [-0.1, -0.05) is 0 Å². The lowest BCUT2D eigenvalue weighted by Crippen LogP contribution is -2.39. The van der Waals surface area contributed by atoms with Crippen molar-refractivity contribution in [3.05, 3.63) is 48.5 Å². The van der Waals surface area contributed by atoms with Gasteiger partial charge in [0.15, 0.2) is 0 Å². The number of hydrogen-bond donors (Lipinski definition) is 1. The summed E-state index contributed by atoms with van der Waals surface area (Å²) in [6.45, 7) is 2.85. The Hall–Kier alpha value is -2.44. The summed E-state index contributed by atoms with van der Waals surface area (Å²) >= 11 is 0. The molecular formula is C19H23N5O. The van der Waals surface area contributed by atoms with E-state index in [0.717, 1.165) is 49.3 Å². The number of hydrogen-bond acceptors (Lipinski definition) is 5. The van der Waals surface area contributed by atoms with E-state index in [4.69, 9.17) is 10.5 Å². The fourth-order valence-electron chi connectivity index (χ4n) is 3.30. The Kier molecular flexibility index (Phi) is 4.38. The Morgan fingerprint density at radius 1 is 1.16 bits per heavy atom. The zero-order valence-corrected chi connectivity index (χ0v) is 14.4. The minimum atomic E-state index is 0.341. The third kappa shape index (κ3) is 3.65. The van der Waals surface area contributed by atoms with E-state index in [1.165, 1.54) is 5.52 Å². The van der Waals surface area contributed by atoms with Gasteiger partial charge in [-0.15, -0.1) is 0 Å². The molecule has 0 bridgehead atoms. The Labute approximate surface area is 147 Å². The smallest absolute Gasteiger partial charge is 0.222 e. The molecule has 3 aromatic rings. The Balaban J connectivity index is 1.46. The maximum Gasteiger partial charge on any atom is 0.222 e. The van der Waals surface area contributed by atoms with Crippen LogP contribution in [0.1, 0.15) is 18.5 Å². The number of aromatic nitrogens is 3. The van der Waals surface area contributed by atoms with Gasteiger partial charge < -0.3 is 15.0 Å². The van der Waals surface area contributed by atoms with E-state index >= 15 is 0 Å². The minimum absolute atomic E-state index is 0.341. The molecule has 1 aromatic carbocycles. The fourth-order valence-corrected chi connectivity index (χ4v) is 3.30. The molecule has 4 rings (SSSR count). The van der Waals surface area contributed by atoms with Crippen molar-refractivity contribution in [3.63, 3.8) is 0 Å². The van der Waals surface area contributed by atoms with Crippen LogP contribution >= 0.6 is 0 Å². The maximum absolute atomic E-state index is 5.97. The average molecular weight is 337 g/mol. The molecule has 1 aliphatic heterocycles. The van der Waals surface area contributed by atoms with Crippen molar-refractivity contribution < 1.29 is 4.74 Å². The SMILES string of the molecule is Cn1ccc2cc(Oc3cc(CN4CCC(N)CC4)ncn3)ccc21. The highest BCUT2D eigenvalue weighted by Crippen LogP contribution is 2.25. The highest BCUT2D eigenvalue weighted by molar-refractivity contribution is 5.81. The number of likely N-dealkylation sites (tertiary alicyclic amines) is 1. The Morgan fingerprint density at radius 2 is 2.00 bits per heavy atom. The molecule has 0 atom stereocenters. The second kappa shape index (κ2) is 6.82. The van der Waals surface area contributed by atoms with Crippen LogP contribution in [0, 0.1) is 0 Å². The number of nitrogens with zero attached hydrogens (tertiary/aromatic N) is 4. The molecule has 1 saturated heterocycles. The number of aryl methyl sites for hydroxylation is 1. The molecule has 3 heterocycles. The molecule has 0 aliphatic carbocycles. The number of nitrogens with two attached hydrogens (primary N) is 1. The van der Waals surface area contributed by atoms with Crippen molar-refractivity contribution in [1.29, 1.82) is 0 Å². The summed E-state index contributed by atoms with van der Waals surface area (Å²) in [5.41, 5.74) is 8.12.